The molecule has 0 saturated carbocycles. The minimum absolute atomic E-state index is 0.0793. The topological polar surface area (TPSA) is 45.2 Å². The lowest BCUT2D eigenvalue weighted by atomic mass is 10.0. The number of thiazole rings is 1. The zero-order valence-electron chi connectivity index (χ0n) is 9.48. The summed E-state index contributed by atoms with van der Waals surface area (Å²) >= 11 is 1.47. The quantitative estimate of drug-likeness (QED) is 0.866. The Morgan fingerprint density at radius 3 is 2.94 bits per heavy atom. The molecule has 4 nitrogen and oxygen atoms in total. The highest BCUT2D eigenvalue weighted by atomic mass is 32.1. The average molecular weight is 239 g/mol. The van der Waals surface area contributed by atoms with Crippen LogP contribution < -0.4 is 5.32 Å². The van der Waals surface area contributed by atoms with E-state index in [1.165, 1.54) is 11.3 Å². The Labute approximate surface area is 99.7 Å². The molecule has 1 aromatic rings. The van der Waals surface area contributed by atoms with Gasteiger partial charge in [0.15, 0.2) is 0 Å². The highest BCUT2D eigenvalue weighted by molar-refractivity contribution is 7.07. The average Bonchev–Trinajstić information content (AvgIpc) is 2.85. The van der Waals surface area contributed by atoms with E-state index in [9.17, 15) is 4.79 Å². The molecule has 1 amide bonds. The number of aromatic nitrogens is 1. The number of carbonyl (C=O) groups excluding carboxylic acids is 1. The number of hydrogen-bond donors (Lipinski definition) is 1. The van der Waals surface area contributed by atoms with Crippen molar-refractivity contribution in [3.8, 4) is 0 Å². The number of amides is 1. The smallest absolute Gasteiger partial charge is 0.273 e. The van der Waals surface area contributed by atoms with E-state index >= 15 is 0 Å². The zero-order chi connectivity index (χ0) is 11.4. The second-order valence-corrected chi connectivity index (χ2v) is 4.66. The van der Waals surface area contributed by atoms with Gasteiger partial charge in [-0.2, -0.15) is 0 Å². The first kappa shape index (κ1) is 11.5. The minimum atomic E-state index is 0.0793. The lowest BCUT2D eigenvalue weighted by molar-refractivity contribution is 0.0651. The monoisotopic (exact) mass is 239 g/mol. The summed E-state index contributed by atoms with van der Waals surface area (Å²) in [6, 6.07) is 0.375. The van der Waals surface area contributed by atoms with Crippen LogP contribution in [0.2, 0.25) is 0 Å². The fourth-order valence-electron chi connectivity index (χ4n) is 2.15. The predicted molar refractivity (Wildman–Crippen MR) is 64.7 cm³/mol. The first-order valence-electron chi connectivity index (χ1n) is 5.72. The van der Waals surface area contributed by atoms with Crippen molar-refractivity contribution in [3.63, 3.8) is 0 Å². The van der Waals surface area contributed by atoms with E-state index in [4.69, 9.17) is 0 Å². The van der Waals surface area contributed by atoms with Gasteiger partial charge in [0.25, 0.3) is 5.91 Å². The van der Waals surface area contributed by atoms with Gasteiger partial charge in [-0.05, 0) is 32.9 Å². The van der Waals surface area contributed by atoms with Crippen molar-refractivity contribution in [2.24, 2.45) is 0 Å². The molecule has 0 aliphatic carbocycles. The number of carbonyl (C=O) groups is 1. The van der Waals surface area contributed by atoms with Crippen LogP contribution >= 0.6 is 11.3 Å². The maximum Gasteiger partial charge on any atom is 0.273 e. The SMILES string of the molecule is CCN(C(=O)c1cscn1)C1CCNCC1. The fraction of sp³-hybridized carbons (Fsp3) is 0.636. The van der Waals surface area contributed by atoms with E-state index in [-0.39, 0.29) is 5.91 Å². The molecular formula is C11H17N3OS. The van der Waals surface area contributed by atoms with Gasteiger partial charge in [0.2, 0.25) is 0 Å². The van der Waals surface area contributed by atoms with Gasteiger partial charge in [-0.15, -0.1) is 11.3 Å². The Morgan fingerprint density at radius 1 is 1.62 bits per heavy atom. The van der Waals surface area contributed by atoms with Crippen molar-refractivity contribution in [2.45, 2.75) is 25.8 Å². The summed E-state index contributed by atoms with van der Waals surface area (Å²) < 4.78 is 0. The Bertz CT molecular complexity index is 333. The Kier molecular flexibility index (Phi) is 3.90. The third-order valence-corrected chi connectivity index (χ3v) is 3.59. The van der Waals surface area contributed by atoms with Crippen LogP contribution in [0, 0.1) is 0 Å². The van der Waals surface area contributed by atoms with Crippen LogP contribution in [-0.2, 0) is 0 Å². The minimum Gasteiger partial charge on any atom is -0.334 e. The summed E-state index contributed by atoms with van der Waals surface area (Å²) in [6.07, 6.45) is 2.09. The second-order valence-electron chi connectivity index (χ2n) is 3.95. The number of rotatable bonds is 3. The zero-order valence-corrected chi connectivity index (χ0v) is 10.3. The molecule has 2 heterocycles. The van der Waals surface area contributed by atoms with E-state index in [1.807, 2.05) is 17.2 Å². The number of hydrogen-bond acceptors (Lipinski definition) is 4. The van der Waals surface area contributed by atoms with E-state index in [0.717, 1.165) is 32.5 Å². The van der Waals surface area contributed by atoms with Crippen LogP contribution in [0.25, 0.3) is 0 Å². The molecule has 0 bridgehead atoms. The lowest BCUT2D eigenvalue weighted by Gasteiger charge is -2.33. The lowest BCUT2D eigenvalue weighted by Crippen LogP contribution is -2.46. The first-order valence-corrected chi connectivity index (χ1v) is 6.67. The third-order valence-electron chi connectivity index (χ3n) is 3.00. The van der Waals surface area contributed by atoms with Gasteiger partial charge >= 0.3 is 0 Å². The number of piperidine rings is 1. The number of nitrogens with zero attached hydrogens (tertiary/aromatic N) is 2. The van der Waals surface area contributed by atoms with Gasteiger partial charge in [-0.3, -0.25) is 4.79 Å². The summed E-state index contributed by atoms with van der Waals surface area (Å²) in [5.41, 5.74) is 2.30. The molecule has 1 aromatic heterocycles. The van der Waals surface area contributed by atoms with Gasteiger partial charge < -0.3 is 10.2 Å². The maximum absolute atomic E-state index is 12.2. The van der Waals surface area contributed by atoms with E-state index in [0.29, 0.717) is 11.7 Å². The van der Waals surface area contributed by atoms with Gasteiger partial charge in [-0.1, -0.05) is 0 Å². The largest absolute Gasteiger partial charge is 0.334 e. The van der Waals surface area contributed by atoms with Crippen molar-refractivity contribution < 1.29 is 4.79 Å². The standard InChI is InChI=1S/C11H17N3OS/c1-2-14(9-3-5-12-6-4-9)11(15)10-7-16-8-13-10/h7-9,12H,2-6H2,1H3. The van der Waals surface area contributed by atoms with E-state index < -0.39 is 0 Å². The van der Waals surface area contributed by atoms with Crippen molar-refractivity contribution in [1.29, 1.82) is 0 Å². The van der Waals surface area contributed by atoms with Gasteiger partial charge in [0.05, 0.1) is 5.51 Å². The number of nitrogens with one attached hydrogen (secondary N) is 1. The Balaban J connectivity index is 2.06. The van der Waals surface area contributed by atoms with Gasteiger partial charge in [0.1, 0.15) is 5.69 Å². The molecular weight excluding hydrogens is 222 g/mol. The Hall–Kier alpha value is -0.940. The second kappa shape index (κ2) is 5.41. The normalized spacial score (nSPS) is 17.3. The van der Waals surface area contributed by atoms with Gasteiger partial charge in [0, 0.05) is 18.0 Å². The molecule has 1 aliphatic rings. The third kappa shape index (κ3) is 2.41. The van der Waals surface area contributed by atoms with Crippen molar-refractivity contribution in [2.75, 3.05) is 19.6 Å². The van der Waals surface area contributed by atoms with E-state index in [1.54, 1.807) is 5.51 Å². The molecule has 0 unspecified atom stereocenters. The molecule has 0 spiro atoms. The fourth-order valence-corrected chi connectivity index (χ4v) is 2.68. The molecule has 1 aliphatic heterocycles. The van der Waals surface area contributed by atoms with Crippen LogP contribution in [0.5, 0.6) is 0 Å². The van der Waals surface area contributed by atoms with Crippen molar-refractivity contribution >= 4 is 17.2 Å². The molecule has 0 atom stereocenters. The molecule has 5 heteroatoms. The molecule has 0 aromatic carbocycles. The van der Waals surface area contributed by atoms with Crippen LogP contribution in [-0.4, -0.2) is 41.5 Å². The van der Waals surface area contributed by atoms with Gasteiger partial charge in [-0.25, -0.2) is 4.98 Å². The van der Waals surface area contributed by atoms with Crippen LogP contribution in [0.4, 0.5) is 0 Å². The molecule has 88 valence electrons. The Morgan fingerprint density at radius 2 is 2.38 bits per heavy atom. The summed E-state index contributed by atoms with van der Waals surface area (Å²) in [4.78, 5) is 18.2. The summed E-state index contributed by atoms with van der Waals surface area (Å²) in [6.45, 7) is 4.81. The highest BCUT2D eigenvalue weighted by Crippen LogP contribution is 2.15. The summed E-state index contributed by atoms with van der Waals surface area (Å²) in [5.74, 6) is 0.0793. The van der Waals surface area contributed by atoms with E-state index in [2.05, 4.69) is 10.3 Å². The van der Waals surface area contributed by atoms with Crippen LogP contribution in [0.15, 0.2) is 10.9 Å². The molecule has 1 N–H and O–H groups in total. The summed E-state index contributed by atoms with van der Waals surface area (Å²) in [7, 11) is 0. The predicted octanol–water partition coefficient (Wildman–Crippen LogP) is 1.36. The van der Waals surface area contributed by atoms with Crippen molar-refractivity contribution in [1.82, 2.24) is 15.2 Å². The molecule has 1 saturated heterocycles. The maximum atomic E-state index is 12.2. The first-order chi connectivity index (χ1) is 7.83. The van der Waals surface area contributed by atoms with Crippen LogP contribution in [0.1, 0.15) is 30.3 Å². The summed E-state index contributed by atoms with van der Waals surface area (Å²) in [5, 5.41) is 5.14. The molecule has 1 fully saturated rings. The van der Waals surface area contributed by atoms with Crippen LogP contribution in [0.3, 0.4) is 0 Å². The molecule has 16 heavy (non-hydrogen) atoms. The van der Waals surface area contributed by atoms with Crippen molar-refractivity contribution in [3.05, 3.63) is 16.6 Å². The molecule has 2 rings (SSSR count). The highest BCUT2D eigenvalue weighted by Gasteiger charge is 2.25. The molecule has 0 radical (unpaired) electrons.